The van der Waals surface area contributed by atoms with Crippen LogP contribution in [0.2, 0.25) is 0 Å². The number of esters is 1. The van der Waals surface area contributed by atoms with Crippen molar-refractivity contribution < 1.29 is 67.5 Å². The van der Waals surface area contributed by atoms with Gasteiger partial charge in [-0.25, -0.2) is 0 Å². The van der Waals surface area contributed by atoms with Gasteiger partial charge in [0.15, 0.2) is 18.4 Å². The minimum atomic E-state index is -1.83. The van der Waals surface area contributed by atoms with Crippen molar-refractivity contribution in [1.29, 1.82) is 0 Å². The average Bonchev–Trinajstić information content (AvgIpc) is 3.56. The minimum Gasteiger partial charge on any atom is -0.462 e. The summed E-state index contributed by atoms with van der Waals surface area (Å²) in [7, 11) is 3.22. The number of hydrogen-bond donors (Lipinski definition) is 3. The average molecular weight is 859 g/mol. The number of fused-ring (bicyclic) bond motifs is 2. The van der Waals surface area contributed by atoms with Crippen LogP contribution in [0.3, 0.4) is 0 Å². The van der Waals surface area contributed by atoms with Crippen molar-refractivity contribution in [2.24, 2.45) is 23.7 Å². The maximum Gasteiger partial charge on any atom is 0.316 e. The maximum atomic E-state index is 14.3. The molecule has 2 bridgehead atoms. The number of allylic oxidation sites excluding steroid dienone is 2. The lowest BCUT2D eigenvalue weighted by atomic mass is 9.71. The Bertz CT molecular complexity index is 1710. The number of rotatable bonds is 7. The van der Waals surface area contributed by atoms with Gasteiger partial charge < -0.3 is 62.7 Å². The molecule has 342 valence electrons. The van der Waals surface area contributed by atoms with E-state index in [1.165, 1.54) is 0 Å². The highest BCUT2D eigenvalue weighted by molar-refractivity contribution is 5.78. The normalized spacial score (nSPS) is 49.3. The first-order valence-electron chi connectivity index (χ1n) is 22.3. The summed E-state index contributed by atoms with van der Waals surface area (Å²) in [5, 5.41) is 34.2. The van der Waals surface area contributed by atoms with Gasteiger partial charge in [0.05, 0.1) is 49.3 Å². The monoisotopic (exact) mass is 858 g/mol. The molecule has 0 saturated carbocycles. The summed E-state index contributed by atoms with van der Waals surface area (Å²) in [6.07, 6.45) is 7.54. The summed E-state index contributed by atoms with van der Waals surface area (Å²) < 4.78 is 63.5. The molecule has 19 atom stereocenters. The van der Waals surface area contributed by atoms with E-state index in [4.69, 9.17) is 47.4 Å². The number of carbonyl (C=O) groups excluding carboxylic acids is 1. The fraction of sp³-hybridized carbons (Fsp3) is 0.766. The van der Waals surface area contributed by atoms with E-state index in [0.717, 1.165) is 5.57 Å². The lowest BCUT2D eigenvalue weighted by Gasteiger charge is -2.48. The van der Waals surface area contributed by atoms with Gasteiger partial charge in [-0.1, -0.05) is 64.2 Å². The van der Waals surface area contributed by atoms with Gasteiger partial charge in [-0.3, -0.25) is 4.79 Å². The molecule has 1 aliphatic carbocycles. The third kappa shape index (κ3) is 9.58. The van der Waals surface area contributed by atoms with Crippen molar-refractivity contribution in [2.75, 3.05) is 20.8 Å². The summed E-state index contributed by atoms with van der Waals surface area (Å²) in [4.78, 5) is 14.3. The lowest BCUT2D eigenvalue weighted by molar-refractivity contribution is -0.318. The maximum absolute atomic E-state index is 14.3. The molecule has 1 spiro atoms. The molecule has 6 aliphatic heterocycles. The Morgan fingerprint density at radius 2 is 1.56 bits per heavy atom. The molecule has 14 nitrogen and oxygen atoms in total. The molecule has 2 unspecified atom stereocenters. The largest absolute Gasteiger partial charge is 0.462 e. The van der Waals surface area contributed by atoms with Gasteiger partial charge in [0.25, 0.3) is 0 Å². The molecule has 3 N–H and O–H groups in total. The Hall–Kier alpha value is -2.31. The van der Waals surface area contributed by atoms with Crippen molar-refractivity contribution in [1.82, 2.24) is 0 Å². The standard InChI is InChI=1S/C47H70O14/c1-24(2)41-27(5)16-17-46(61-41)22-33-19-32(60-46)15-14-26(4)42(25(3)12-11-13-31-23-54-44-39(48)28(6)18-34(45(50)57-33)47(31,44)51)58-38-21-36(53-10)43(30(8)56-38)59-37-20-35(52-9)40(49)29(7)55-37/h11-14,16-18,24-25,27,29-30,32-44,48-49,51H,15,19-23H2,1-10H3/b12-11+,26-14+,31-13+/t25-,27-,29-,30-,32+,33-,34?,35-,36-,37-,38-,39+,40-,41?,42-,43-,44+,46+,47+/m0/s1. The molecule has 14 heteroatoms. The van der Waals surface area contributed by atoms with E-state index in [9.17, 15) is 20.1 Å². The topological polar surface area (TPSA) is 170 Å². The number of ether oxygens (including phenoxy) is 10. The van der Waals surface area contributed by atoms with E-state index >= 15 is 0 Å². The highest BCUT2D eigenvalue weighted by atomic mass is 16.7. The Morgan fingerprint density at radius 3 is 2.28 bits per heavy atom. The Balaban J connectivity index is 1.18. The van der Waals surface area contributed by atoms with Crippen LogP contribution >= 0.6 is 0 Å². The van der Waals surface area contributed by atoms with Gasteiger partial charge in [-0.05, 0) is 62.8 Å². The van der Waals surface area contributed by atoms with Gasteiger partial charge in [0.1, 0.15) is 42.0 Å². The van der Waals surface area contributed by atoms with Crippen LogP contribution in [0.5, 0.6) is 0 Å². The number of aliphatic hydroxyl groups excluding tert-OH is 2. The molecule has 7 aliphatic rings. The second-order valence-electron chi connectivity index (χ2n) is 18.8. The number of hydrogen-bond acceptors (Lipinski definition) is 14. The third-order valence-electron chi connectivity index (χ3n) is 14.0. The highest BCUT2D eigenvalue weighted by Crippen LogP contribution is 2.47. The van der Waals surface area contributed by atoms with Crippen molar-refractivity contribution in [3.8, 4) is 0 Å². The zero-order valence-electron chi connectivity index (χ0n) is 37.5. The van der Waals surface area contributed by atoms with Crippen LogP contribution in [0.15, 0.2) is 59.3 Å². The molecular formula is C47H70O14. The first-order valence-corrected chi connectivity index (χ1v) is 22.3. The van der Waals surface area contributed by atoms with Gasteiger partial charge in [-0.15, -0.1) is 0 Å². The molecular weight excluding hydrogens is 789 g/mol. The first kappa shape index (κ1) is 46.7. The van der Waals surface area contributed by atoms with Crippen LogP contribution < -0.4 is 0 Å². The van der Waals surface area contributed by atoms with Crippen molar-refractivity contribution in [3.63, 3.8) is 0 Å². The van der Waals surface area contributed by atoms with Crippen LogP contribution in [0.1, 0.15) is 87.5 Å². The summed E-state index contributed by atoms with van der Waals surface area (Å²) in [6.45, 7) is 16.0. The number of methoxy groups -OCH3 is 2. The molecule has 0 aromatic rings. The zero-order valence-corrected chi connectivity index (χ0v) is 37.5. The molecule has 0 amide bonds. The lowest BCUT2D eigenvalue weighted by Crippen LogP contribution is -2.58. The highest BCUT2D eigenvalue weighted by Gasteiger charge is 2.60. The zero-order chi connectivity index (χ0) is 44.0. The Kier molecular flexibility index (Phi) is 14.6. The second kappa shape index (κ2) is 19.0. The van der Waals surface area contributed by atoms with E-state index in [1.807, 2.05) is 32.1 Å². The molecule has 4 fully saturated rings. The van der Waals surface area contributed by atoms with Crippen LogP contribution in [0, 0.1) is 23.7 Å². The molecule has 0 radical (unpaired) electrons. The summed E-state index contributed by atoms with van der Waals surface area (Å²) in [5.74, 6) is -2.62. The molecule has 4 saturated heterocycles. The minimum absolute atomic E-state index is 0.0313. The van der Waals surface area contributed by atoms with Crippen LogP contribution in [0.4, 0.5) is 0 Å². The van der Waals surface area contributed by atoms with E-state index in [-0.39, 0.29) is 42.7 Å². The Morgan fingerprint density at radius 1 is 0.852 bits per heavy atom. The molecule has 7 rings (SSSR count). The molecule has 0 aromatic heterocycles. The second-order valence-corrected chi connectivity index (χ2v) is 18.8. The van der Waals surface area contributed by atoms with Crippen molar-refractivity contribution in [3.05, 3.63) is 59.3 Å². The van der Waals surface area contributed by atoms with E-state index in [0.29, 0.717) is 43.3 Å². The van der Waals surface area contributed by atoms with Gasteiger partial charge in [0.2, 0.25) is 0 Å². The predicted octanol–water partition coefficient (Wildman–Crippen LogP) is 4.99. The predicted molar refractivity (Wildman–Crippen MR) is 223 cm³/mol. The van der Waals surface area contributed by atoms with Crippen LogP contribution in [-0.2, 0) is 52.2 Å². The molecule has 61 heavy (non-hydrogen) atoms. The van der Waals surface area contributed by atoms with E-state index in [2.05, 4.69) is 39.8 Å². The summed E-state index contributed by atoms with van der Waals surface area (Å²) >= 11 is 0. The number of carbonyl (C=O) groups is 1. The quantitative estimate of drug-likeness (QED) is 0.231. The number of aliphatic hydroxyl groups is 3. The van der Waals surface area contributed by atoms with Crippen molar-refractivity contribution in [2.45, 2.75) is 185 Å². The fourth-order valence-corrected chi connectivity index (χ4v) is 10.4. The van der Waals surface area contributed by atoms with Gasteiger partial charge >= 0.3 is 5.97 Å². The summed E-state index contributed by atoms with van der Waals surface area (Å²) in [6, 6.07) is 0. The third-order valence-corrected chi connectivity index (χ3v) is 14.0. The summed E-state index contributed by atoms with van der Waals surface area (Å²) in [5.41, 5.74) is 0.129. The SMILES string of the molecule is CO[C@H]1C[C@H](O[C@H]2[C@H](C)O[C@@H](O[C@@H]3/C(C)=C/C[C@@H]4C[C@@H](C[C@]5(C=C[C@H](C)C(C(C)C)O5)O4)OC(=O)C4C=C(C)[C@@H](O)[C@H]5OC/C(=C\C=C\[C@@H]3C)[C@@]45O)C[C@@H]2OC)O[C@@H](C)[C@@H]1O. The van der Waals surface area contributed by atoms with Crippen molar-refractivity contribution >= 4 is 5.97 Å². The Labute approximate surface area is 361 Å². The van der Waals surface area contributed by atoms with E-state index in [1.54, 1.807) is 40.2 Å². The first-order chi connectivity index (χ1) is 29.0. The van der Waals surface area contributed by atoms with Crippen LogP contribution in [-0.4, -0.2) is 139 Å². The smallest absolute Gasteiger partial charge is 0.316 e. The molecule has 0 aromatic carbocycles. The van der Waals surface area contributed by atoms with Gasteiger partial charge in [-0.2, -0.15) is 0 Å². The van der Waals surface area contributed by atoms with Gasteiger partial charge in [0, 0.05) is 51.7 Å². The van der Waals surface area contributed by atoms with Crippen LogP contribution in [0.25, 0.3) is 0 Å². The molecule has 6 heterocycles. The van der Waals surface area contributed by atoms with E-state index < -0.39 is 90.8 Å². The fourth-order valence-electron chi connectivity index (χ4n) is 10.4.